The van der Waals surface area contributed by atoms with Gasteiger partial charge >= 0.3 is 0 Å². The van der Waals surface area contributed by atoms with Crippen LogP contribution in [-0.4, -0.2) is 31.7 Å². The summed E-state index contributed by atoms with van der Waals surface area (Å²) in [5.74, 6) is 2.71. The Morgan fingerprint density at radius 3 is 1.29 bits per heavy atom. The normalized spacial score (nSPS) is 11.7. The van der Waals surface area contributed by atoms with Gasteiger partial charge in [0.15, 0.2) is 0 Å². The van der Waals surface area contributed by atoms with Gasteiger partial charge in [-0.05, 0) is 72.9 Å². The van der Waals surface area contributed by atoms with E-state index in [9.17, 15) is 10.2 Å². The molecule has 0 aliphatic heterocycles. The molecular formula is C35H34N2O2S2. The molecule has 0 atom stereocenters. The lowest BCUT2D eigenvalue weighted by Crippen LogP contribution is -1.90. The number of nitrogens with zero attached hydrogens (tertiary/aromatic N) is 2. The first-order valence-corrected chi connectivity index (χ1v) is 16.4. The number of rotatable bonds is 12. The zero-order chi connectivity index (χ0) is 28.0. The highest BCUT2D eigenvalue weighted by Gasteiger charge is 2.12. The van der Waals surface area contributed by atoms with Gasteiger partial charge in [-0.2, -0.15) is 0 Å². The fourth-order valence-electron chi connectivity index (χ4n) is 5.43. The maximum atomic E-state index is 10.1. The Bertz CT molecular complexity index is 1690. The number of benzene rings is 4. The molecule has 0 amide bonds. The number of aromatic nitrogens is 2. The van der Waals surface area contributed by atoms with Crippen molar-refractivity contribution in [3.8, 4) is 11.5 Å². The van der Waals surface area contributed by atoms with Gasteiger partial charge in [-0.3, -0.25) is 0 Å². The number of phenols is 2. The summed E-state index contributed by atoms with van der Waals surface area (Å²) in [6.45, 7) is 0. The van der Waals surface area contributed by atoms with Gasteiger partial charge in [-0.1, -0.05) is 68.5 Å². The minimum atomic E-state index is 0.289. The molecule has 4 aromatic carbocycles. The highest BCUT2D eigenvalue weighted by molar-refractivity contribution is 8.00. The van der Waals surface area contributed by atoms with Crippen molar-refractivity contribution in [2.75, 3.05) is 11.5 Å². The molecule has 0 bridgehead atoms. The molecule has 0 saturated carbocycles. The molecule has 0 aliphatic rings. The molecule has 6 heteroatoms. The van der Waals surface area contributed by atoms with E-state index >= 15 is 0 Å². The number of thioether (sulfide) groups is 2. The van der Waals surface area contributed by atoms with Crippen LogP contribution < -0.4 is 0 Å². The lowest BCUT2D eigenvalue weighted by molar-refractivity contribution is 0.475. The standard InChI is InChI=1S/C35H34N2O2S2/c38-24-16-18-32-28(22-24)34(26-12-6-8-14-30(26)36-32)40-20-10-4-2-1-3-5-11-21-41-35-27-13-7-9-15-31(27)37-33-19-17-25(39)23-29(33)35/h6-9,12-19,22-23,38-39H,1-5,10-11,20-21H2. The number of phenolic OH excluding ortho intramolecular Hbond substituents is 2. The van der Waals surface area contributed by atoms with Crippen LogP contribution in [0.4, 0.5) is 0 Å². The first-order chi connectivity index (χ1) is 20.2. The summed E-state index contributed by atoms with van der Waals surface area (Å²) in [6.07, 6.45) is 8.67. The van der Waals surface area contributed by atoms with Gasteiger partial charge in [0.1, 0.15) is 11.5 Å². The highest BCUT2D eigenvalue weighted by atomic mass is 32.2. The number of aromatic hydroxyl groups is 2. The van der Waals surface area contributed by atoms with Crippen molar-refractivity contribution in [1.82, 2.24) is 9.97 Å². The quantitative estimate of drug-likeness (QED) is 0.0855. The Labute approximate surface area is 249 Å². The van der Waals surface area contributed by atoms with E-state index in [0.29, 0.717) is 0 Å². The van der Waals surface area contributed by atoms with E-state index < -0.39 is 0 Å². The molecule has 2 heterocycles. The van der Waals surface area contributed by atoms with E-state index in [4.69, 9.17) is 9.97 Å². The zero-order valence-corrected chi connectivity index (χ0v) is 24.7. The topological polar surface area (TPSA) is 66.2 Å². The first-order valence-electron chi connectivity index (χ1n) is 14.5. The van der Waals surface area contributed by atoms with E-state index in [1.807, 2.05) is 59.9 Å². The second-order valence-corrected chi connectivity index (χ2v) is 12.7. The number of hydrogen-bond acceptors (Lipinski definition) is 6. The van der Waals surface area contributed by atoms with Gasteiger partial charge in [-0.15, -0.1) is 23.5 Å². The summed E-state index contributed by atoms with van der Waals surface area (Å²) in [5, 5.41) is 24.6. The SMILES string of the molecule is Oc1ccc2nc3ccccc3c(SCCCCCCCCCSc3c4ccccc4nc4ccc(O)cc34)c2c1. The Balaban J connectivity index is 0.947. The lowest BCUT2D eigenvalue weighted by atomic mass is 10.1. The second-order valence-electron chi connectivity index (χ2n) is 10.5. The van der Waals surface area contributed by atoms with Crippen LogP contribution in [-0.2, 0) is 0 Å². The van der Waals surface area contributed by atoms with Crippen molar-refractivity contribution in [1.29, 1.82) is 0 Å². The van der Waals surface area contributed by atoms with E-state index in [0.717, 1.165) is 55.1 Å². The molecule has 0 unspecified atom stereocenters. The molecule has 0 spiro atoms. The predicted octanol–water partition coefficient (Wildman–Crippen LogP) is 10.1. The molecule has 2 N–H and O–H groups in total. The molecule has 208 valence electrons. The summed E-state index contributed by atoms with van der Waals surface area (Å²) in [4.78, 5) is 12.0. The Morgan fingerprint density at radius 2 is 0.829 bits per heavy atom. The average Bonchev–Trinajstić information content (AvgIpc) is 2.99. The lowest BCUT2D eigenvalue weighted by Gasteiger charge is -2.11. The fourth-order valence-corrected chi connectivity index (χ4v) is 7.83. The maximum Gasteiger partial charge on any atom is 0.116 e. The van der Waals surface area contributed by atoms with Crippen LogP contribution in [0.3, 0.4) is 0 Å². The van der Waals surface area contributed by atoms with Crippen molar-refractivity contribution >= 4 is 67.1 Å². The summed E-state index contributed by atoms with van der Waals surface area (Å²) in [6, 6.07) is 27.5. The zero-order valence-electron chi connectivity index (χ0n) is 23.1. The van der Waals surface area contributed by atoms with Crippen molar-refractivity contribution in [3.05, 3.63) is 84.9 Å². The molecule has 4 nitrogen and oxygen atoms in total. The van der Waals surface area contributed by atoms with E-state index in [1.165, 1.54) is 54.7 Å². The van der Waals surface area contributed by atoms with Crippen LogP contribution in [0.25, 0.3) is 43.6 Å². The molecule has 0 fully saturated rings. The van der Waals surface area contributed by atoms with Crippen LogP contribution >= 0.6 is 23.5 Å². The summed E-state index contributed by atoms with van der Waals surface area (Å²) < 4.78 is 0. The fraction of sp³-hybridized carbons (Fsp3) is 0.257. The van der Waals surface area contributed by atoms with Crippen molar-refractivity contribution in [3.63, 3.8) is 0 Å². The molecule has 6 aromatic rings. The second kappa shape index (κ2) is 13.0. The monoisotopic (exact) mass is 578 g/mol. The molecule has 0 aliphatic carbocycles. The third-order valence-corrected chi connectivity index (χ3v) is 9.95. The Morgan fingerprint density at radius 1 is 0.439 bits per heavy atom. The van der Waals surface area contributed by atoms with Crippen LogP contribution in [0.15, 0.2) is 94.7 Å². The smallest absolute Gasteiger partial charge is 0.116 e. The number of para-hydroxylation sites is 2. The largest absolute Gasteiger partial charge is 0.508 e. The molecular weight excluding hydrogens is 545 g/mol. The first kappa shape index (κ1) is 27.7. The summed E-state index contributed by atoms with van der Waals surface area (Å²) in [5.41, 5.74) is 3.89. The third kappa shape index (κ3) is 6.39. The van der Waals surface area contributed by atoms with Crippen LogP contribution in [0.1, 0.15) is 44.9 Å². The van der Waals surface area contributed by atoms with Gasteiger partial charge in [0, 0.05) is 31.3 Å². The van der Waals surface area contributed by atoms with Gasteiger partial charge in [0.05, 0.1) is 22.1 Å². The van der Waals surface area contributed by atoms with Crippen LogP contribution in [0.2, 0.25) is 0 Å². The van der Waals surface area contributed by atoms with Crippen molar-refractivity contribution in [2.24, 2.45) is 0 Å². The van der Waals surface area contributed by atoms with Crippen molar-refractivity contribution in [2.45, 2.75) is 54.7 Å². The van der Waals surface area contributed by atoms with E-state index in [2.05, 4.69) is 36.4 Å². The van der Waals surface area contributed by atoms with Gasteiger partial charge < -0.3 is 10.2 Å². The highest BCUT2D eigenvalue weighted by Crippen LogP contribution is 2.37. The minimum absolute atomic E-state index is 0.289. The van der Waals surface area contributed by atoms with Gasteiger partial charge in [0.25, 0.3) is 0 Å². The summed E-state index contributed by atoms with van der Waals surface area (Å²) >= 11 is 3.78. The van der Waals surface area contributed by atoms with Gasteiger partial charge in [-0.25, -0.2) is 9.97 Å². The predicted molar refractivity (Wildman–Crippen MR) is 176 cm³/mol. The molecule has 0 radical (unpaired) electrons. The number of fused-ring (bicyclic) bond motifs is 4. The molecule has 41 heavy (non-hydrogen) atoms. The molecule has 2 aromatic heterocycles. The number of unbranched alkanes of at least 4 members (excludes halogenated alkanes) is 6. The number of hydrogen-bond donors (Lipinski definition) is 2. The third-order valence-electron chi connectivity index (χ3n) is 7.51. The van der Waals surface area contributed by atoms with Crippen molar-refractivity contribution < 1.29 is 10.2 Å². The Hall–Kier alpha value is -3.48. The number of pyridine rings is 2. The van der Waals surface area contributed by atoms with E-state index in [1.54, 1.807) is 12.1 Å². The Kier molecular flexibility index (Phi) is 8.78. The minimum Gasteiger partial charge on any atom is -0.508 e. The summed E-state index contributed by atoms with van der Waals surface area (Å²) in [7, 11) is 0. The maximum absolute atomic E-state index is 10.1. The van der Waals surface area contributed by atoms with Crippen LogP contribution in [0.5, 0.6) is 11.5 Å². The van der Waals surface area contributed by atoms with Gasteiger partial charge in [0.2, 0.25) is 0 Å². The average molecular weight is 579 g/mol. The molecule has 0 saturated heterocycles. The molecule has 6 rings (SSSR count). The van der Waals surface area contributed by atoms with E-state index in [-0.39, 0.29) is 11.5 Å². The van der Waals surface area contributed by atoms with Crippen LogP contribution in [0, 0.1) is 0 Å².